The first-order chi connectivity index (χ1) is 10.7. The highest BCUT2D eigenvalue weighted by Crippen LogP contribution is 2.25. The summed E-state index contributed by atoms with van der Waals surface area (Å²) in [5.41, 5.74) is 13.1. The number of anilines is 2. The summed E-state index contributed by atoms with van der Waals surface area (Å²) >= 11 is 0. The van der Waals surface area contributed by atoms with Crippen molar-refractivity contribution < 1.29 is 0 Å². The van der Waals surface area contributed by atoms with Crippen molar-refractivity contribution in [1.29, 1.82) is 0 Å². The molecule has 1 aliphatic heterocycles. The third kappa shape index (κ3) is 4.17. The van der Waals surface area contributed by atoms with Gasteiger partial charge in [-0.05, 0) is 32.4 Å². The Hall–Kier alpha value is -2.15. The van der Waals surface area contributed by atoms with Crippen LogP contribution in [0.4, 0.5) is 11.8 Å². The smallest absolute Gasteiger partial charge is 0.222 e. The minimum atomic E-state index is 0.309. The monoisotopic (exact) mass is 305 g/mol. The van der Waals surface area contributed by atoms with Crippen LogP contribution in [0.5, 0.6) is 0 Å². The number of hydrogen-bond donors (Lipinski definition) is 3. The van der Waals surface area contributed by atoms with Gasteiger partial charge in [-0.15, -0.1) is 0 Å². The van der Waals surface area contributed by atoms with Gasteiger partial charge in [-0.1, -0.05) is 13.8 Å². The van der Waals surface area contributed by atoms with Crippen molar-refractivity contribution in [2.45, 2.75) is 33.6 Å². The predicted octanol–water partition coefficient (Wildman–Crippen LogP) is 1.96. The average molecular weight is 305 g/mol. The van der Waals surface area contributed by atoms with Crippen LogP contribution in [0.1, 0.15) is 32.3 Å². The van der Waals surface area contributed by atoms with Crippen LogP contribution >= 0.6 is 0 Å². The van der Waals surface area contributed by atoms with E-state index in [1.807, 2.05) is 26.8 Å². The fourth-order valence-corrected chi connectivity index (χ4v) is 2.29. The van der Waals surface area contributed by atoms with Crippen LogP contribution in [-0.4, -0.2) is 40.3 Å². The lowest BCUT2D eigenvalue weighted by Gasteiger charge is -2.17. The van der Waals surface area contributed by atoms with Gasteiger partial charge in [0.05, 0.1) is 17.6 Å². The summed E-state index contributed by atoms with van der Waals surface area (Å²) in [5, 5.41) is 6.97. The van der Waals surface area contributed by atoms with Gasteiger partial charge in [0, 0.05) is 19.2 Å². The number of rotatable bonds is 2. The van der Waals surface area contributed by atoms with Gasteiger partial charge in [-0.25, -0.2) is 4.98 Å². The number of nitrogens with two attached hydrogens (primary N) is 2. The van der Waals surface area contributed by atoms with Gasteiger partial charge in [0.1, 0.15) is 5.82 Å². The van der Waals surface area contributed by atoms with Crippen molar-refractivity contribution in [1.82, 2.24) is 20.2 Å². The molecule has 5 N–H and O–H groups in total. The van der Waals surface area contributed by atoms with E-state index in [1.165, 1.54) is 19.9 Å². The van der Waals surface area contributed by atoms with E-state index in [1.54, 1.807) is 6.20 Å². The molecule has 3 heterocycles. The summed E-state index contributed by atoms with van der Waals surface area (Å²) < 4.78 is 0. The Kier molecular flexibility index (Phi) is 7.31. The zero-order valence-corrected chi connectivity index (χ0v) is 13.9. The molecule has 2 aromatic rings. The van der Waals surface area contributed by atoms with Gasteiger partial charge < -0.3 is 16.4 Å². The largest absolute Gasteiger partial charge is 0.368 e. The Labute approximate surface area is 132 Å². The Bertz CT molecular complexity index is 559. The van der Waals surface area contributed by atoms with Gasteiger partial charge in [-0.2, -0.15) is 10.1 Å². The van der Waals surface area contributed by atoms with Crippen LogP contribution in [0.2, 0.25) is 0 Å². The molecular weight excluding hydrogens is 278 g/mol. The van der Waals surface area contributed by atoms with E-state index in [9.17, 15) is 0 Å². The summed E-state index contributed by atoms with van der Waals surface area (Å²) in [4.78, 5) is 10.8. The predicted molar refractivity (Wildman–Crippen MR) is 91.7 cm³/mol. The first kappa shape index (κ1) is 17.9. The Morgan fingerprint density at radius 2 is 1.77 bits per heavy atom. The van der Waals surface area contributed by atoms with Crippen molar-refractivity contribution in [3.05, 3.63) is 17.8 Å². The van der Waals surface area contributed by atoms with E-state index in [4.69, 9.17) is 5.73 Å². The number of H-pyrrole nitrogens is 1. The lowest BCUT2D eigenvalue weighted by molar-refractivity contribution is 0.931. The van der Waals surface area contributed by atoms with Gasteiger partial charge >= 0.3 is 0 Å². The van der Waals surface area contributed by atoms with E-state index < -0.39 is 0 Å². The van der Waals surface area contributed by atoms with E-state index in [0.717, 1.165) is 35.9 Å². The molecule has 0 aromatic carbocycles. The quantitative estimate of drug-likeness (QED) is 0.782. The molecule has 0 bridgehead atoms. The number of aryl methyl sites for hydroxylation is 1. The first-order valence-electron chi connectivity index (χ1n) is 7.71. The lowest BCUT2D eigenvalue weighted by Crippen LogP contribution is -2.19. The Balaban J connectivity index is 0.000000561. The molecule has 1 fully saturated rings. The molecule has 122 valence electrons. The highest BCUT2D eigenvalue weighted by atomic mass is 15.2. The van der Waals surface area contributed by atoms with Crippen LogP contribution in [0.15, 0.2) is 12.3 Å². The summed E-state index contributed by atoms with van der Waals surface area (Å²) in [6.45, 7) is 8.07. The van der Waals surface area contributed by atoms with Gasteiger partial charge in [0.2, 0.25) is 5.95 Å². The lowest BCUT2D eigenvalue weighted by atomic mass is 10.2. The second-order valence-electron chi connectivity index (χ2n) is 4.59. The Morgan fingerprint density at radius 1 is 1.14 bits per heavy atom. The molecule has 0 spiro atoms. The molecular formula is C15H27N7. The Morgan fingerprint density at radius 3 is 2.32 bits per heavy atom. The number of aromatic nitrogens is 4. The number of aromatic amines is 1. The van der Waals surface area contributed by atoms with E-state index in [-0.39, 0.29) is 0 Å². The summed E-state index contributed by atoms with van der Waals surface area (Å²) in [6, 6.07) is 1.97. The maximum atomic E-state index is 5.80. The molecule has 0 amide bonds. The highest BCUT2D eigenvalue weighted by Gasteiger charge is 2.16. The van der Waals surface area contributed by atoms with Crippen LogP contribution in [-0.2, 0) is 0 Å². The minimum absolute atomic E-state index is 0.309. The fraction of sp³-hybridized carbons (Fsp3) is 0.533. The van der Waals surface area contributed by atoms with Crippen LogP contribution in [0.25, 0.3) is 11.4 Å². The maximum absolute atomic E-state index is 5.80. The standard InChI is InChI=1S/C12H16N6.C2H6.CH5N/c1-8-7-14-17-11(8)9-6-10(16-12(13)15-9)18-4-2-3-5-18;2*1-2/h6-7H,2-5H2,1H3,(H,14,17)(H2,13,15,16);1-2H3;2H2,1H3. The summed E-state index contributed by atoms with van der Waals surface area (Å²) in [5.74, 6) is 1.22. The number of nitrogens with zero attached hydrogens (tertiary/aromatic N) is 4. The molecule has 0 atom stereocenters. The number of hydrogen-bond acceptors (Lipinski definition) is 6. The highest BCUT2D eigenvalue weighted by molar-refractivity contribution is 5.63. The molecule has 0 saturated carbocycles. The topological polar surface area (TPSA) is 110 Å². The third-order valence-corrected chi connectivity index (χ3v) is 3.25. The van der Waals surface area contributed by atoms with E-state index in [0.29, 0.717) is 5.95 Å². The van der Waals surface area contributed by atoms with Crippen molar-refractivity contribution in [2.75, 3.05) is 30.8 Å². The second-order valence-corrected chi connectivity index (χ2v) is 4.59. The minimum Gasteiger partial charge on any atom is -0.368 e. The molecule has 7 heteroatoms. The maximum Gasteiger partial charge on any atom is 0.222 e. The SMILES string of the molecule is CC.CN.Cc1cn[nH]c1-c1cc(N2CCCC2)nc(N)n1. The molecule has 1 saturated heterocycles. The van der Waals surface area contributed by atoms with Crippen molar-refractivity contribution in [2.24, 2.45) is 5.73 Å². The molecule has 0 radical (unpaired) electrons. The van der Waals surface area contributed by atoms with Crippen LogP contribution in [0, 0.1) is 6.92 Å². The molecule has 1 aliphatic rings. The van der Waals surface area contributed by atoms with Crippen LogP contribution in [0.3, 0.4) is 0 Å². The zero-order valence-electron chi connectivity index (χ0n) is 13.9. The van der Waals surface area contributed by atoms with E-state index >= 15 is 0 Å². The molecule has 0 unspecified atom stereocenters. The van der Waals surface area contributed by atoms with Crippen LogP contribution < -0.4 is 16.4 Å². The summed E-state index contributed by atoms with van der Waals surface area (Å²) in [6.07, 6.45) is 4.20. The second kappa shape index (κ2) is 8.99. The molecule has 7 nitrogen and oxygen atoms in total. The zero-order chi connectivity index (χ0) is 16.5. The molecule has 22 heavy (non-hydrogen) atoms. The van der Waals surface area contributed by atoms with Crippen molar-refractivity contribution in [3.8, 4) is 11.4 Å². The average Bonchev–Trinajstić information content (AvgIpc) is 3.22. The molecule has 3 rings (SSSR count). The van der Waals surface area contributed by atoms with Gasteiger partial charge in [0.25, 0.3) is 0 Å². The van der Waals surface area contributed by atoms with Crippen molar-refractivity contribution >= 4 is 11.8 Å². The fourth-order valence-electron chi connectivity index (χ4n) is 2.29. The van der Waals surface area contributed by atoms with Crippen molar-refractivity contribution in [3.63, 3.8) is 0 Å². The third-order valence-electron chi connectivity index (χ3n) is 3.25. The summed E-state index contributed by atoms with van der Waals surface area (Å²) in [7, 11) is 1.50. The van der Waals surface area contributed by atoms with E-state index in [2.05, 4.69) is 30.8 Å². The van der Waals surface area contributed by atoms with Gasteiger partial charge in [-0.3, -0.25) is 5.10 Å². The number of nitrogens with one attached hydrogen (secondary N) is 1. The molecule has 0 aliphatic carbocycles. The molecule has 2 aromatic heterocycles. The first-order valence-corrected chi connectivity index (χ1v) is 7.71. The normalized spacial score (nSPS) is 13.0. The number of nitrogen functional groups attached to an aromatic ring is 1. The van der Waals surface area contributed by atoms with Gasteiger partial charge in [0.15, 0.2) is 0 Å².